The Bertz CT molecular complexity index is 1080. The number of rotatable bonds is 3. The fraction of sp³-hybridized carbons (Fsp3) is 0.167. The first-order valence-electron chi connectivity index (χ1n) is 7.78. The zero-order chi connectivity index (χ0) is 17.6. The molecule has 2 heterocycles. The molecule has 1 aliphatic rings. The molecule has 4 rings (SSSR count). The van der Waals surface area contributed by atoms with Crippen LogP contribution in [0.3, 0.4) is 0 Å². The Labute approximate surface area is 151 Å². The summed E-state index contributed by atoms with van der Waals surface area (Å²) in [5, 5.41) is 9.92. The van der Waals surface area contributed by atoms with Crippen LogP contribution in [0.5, 0.6) is 0 Å². The van der Waals surface area contributed by atoms with Crippen molar-refractivity contribution in [2.75, 3.05) is 0 Å². The van der Waals surface area contributed by atoms with Gasteiger partial charge in [-0.25, -0.2) is 9.78 Å². The molecule has 1 aromatic carbocycles. The number of aryl methyl sites for hydroxylation is 2. The largest absolute Gasteiger partial charge is 0.478 e. The number of aromatic carboxylic acids is 1. The van der Waals surface area contributed by atoms with Gasteiger partial charge in [-0.05, 0) is 48.6 Å². The highest BCUT2D eigenvalue weighted by Crippen LogP contribution is 2.35. The van der Waals surface area contributed by atoms with Crippen LogP contribution in [0.25, 0.3) is 21.3 Å². The van der Waals surface area contributed by atoms with E-state index in [4.69, 9.17) is 16.7 Å². The number of halogens is 1. The maximum Gasteiger partial charge on any atom is 0.335 e. The van der Waals surface area contributed by atoms with Gasteiger partial charge >= 0.3 is 5.97 Å². The molecule has 2 aromatic heterocycles. The summed E-state index contributed by atoms with van der Waals surface area (Å²) >= 11 is 7.89. The Hall–Kier alpha value is -2.44. The van der Waals surface area contributed by atoms with Crippen molar-refractivity contribution in [3.8, 4) is 0 Å². The quantitative estimate of drug-likeness (QED) is 0.730. The number of benzene rings is 1. The molecule has 0 fully saturated rings. The minimum atomic E-state index is -0.983. The van der Waals surface area contributed by atoms with Crippen molar-refractivity contribution in [1.29, 1.82) is 0 Å². The third-order valence-corrected chi connectivity index (χ3v) is 5.73. The third-order valence-electron chi connectivity index (χ3n) is 4.25. The molecule has 0 bridgehead atoms. The number of hydrogen-bond donors (Lipinski definition) is 2. The van der Waals surface area contributed by atoms with Crippen LogP contribution in [0.1, 0.15) is 38.6 Å². The number of nitrogens with one attached hydrogen (secondary N) is 1. The number of hydrogen-bond acceptors (Lipinski definition) is 4. The summed E-state index contributed by atoms with van der Waals surface area (Å²) in [5.41, 5.74) is 1.90. The second-order valence-electron chi connectivity index (χ2n) is 5.87. The van der Waals surface area contributed by atoms with E-state index >= 15 is 0 Å². The molecular weight excluding hydrogens is 360 g/mol. The van der Waals surface area contributed by atoms with Gasteiger partial charge in [0.15, 0.2) is 5.82 Å². The van der Waals surface area contributed by atoms with Crippen molar-refractivity contribution >= 4 is 50.2 Å². The van der Waals surface area contributed by atoms with Gasteiger partial charge in [-0.15, -0.1) is 11.3 Å². The molecule has 0 radical (unpaired) electrons. The molecule has 0 atom stereocenters. The van der Waals surface area contributed by atoms with Gasteiger partial charge in [0.05, 0.1) is 16.0 Å². The fourth-order valence-electron chi connectivity index (χ4n) is 3.05. The molecule has 0 spiro atoms. The van der Waals surface area contributed by atoms with E-state index in [0.717, 1.165) is 35.2 Å². The van der Waals surface area contributed by atoms with E-state index in [2.05, 4.69) is 9.97 Å². The van der Waals surface area contributed by atoms with Gasteiger partial charge in [0, 0.05) is 4.88 Å². The van der Waals surface area contributed by atoms with Crippen molar-refractivity contribution < 1.29 is 9.90 Å². The summed E-state index contributed by atoms with van der Waals surface area (Å²) in [6, 6.07) is 6.31. The maximum absolute atomic E-state index is 12.5. The average molecular weight is 373 g/mol. The predicted octanol–water partition coefficient (Wildman–Crippen LogP) is 3.91. The lowest BCUT2D eigenvalue weighted by atomic mass is 10.1. The van der Waals surface area contributed by atoms with Crippen LogP contribution in [0.2, 0.25) is 0 Å². The molecule has 126 valence electrons. The molecule has 0 saturated heterocycles. The summed E-state index contributed by atoms with van der Waals surface area (Å²) < 4.78 is 0. The first-order valence-corrected chi connectivity index (χ1v) is 8.98. The van der Waals surface area contributed by atoms with Gasteiger partial charge in [0.2, 0.25) is 0 Å². The highest BCUT2D eigenvalue weighted by molar-refractivity contribution is 7.18. The Morgan fingerprint density at radius 2 is 2.04 bits per heavy atom. The first-order chi connectivity index (χ1) is 12.0. The smallest absolute Gasteiger partial charge is 0.335 e. The number of aromatic amines is 1. The Morgan fingerprint density at radius 1 is 1.28 bits per heavy atom. The molecule has 25 heavy (non-hydrogen) atoms. The van der Waals surface area contributed by atoms with Crippen molar-refractivity contribution in [2.45, 2.75) is 19.3 Å². The number of H-pyrrole nitrogens is 1. The molecule has 0 amide bonds. The van der Waals surface area contributed by atoms with E-state index in [0.29, 0.717) is 16.2 Å². The lowest BCUT2D eigenvalue weighted by Crippen LogP contribution is -2.10. The molecule has 1 aliphatic carbocycles. The van der Waals surface area contributed by atoms with E-state index in [1.807, 2.05) is 0 Å². The number of carboxylic acids is 1. The minimum absolute atomic E-state index is 0.160. The number of carbonyl (C=O) groups is 1. The van der Waals surface area contributed by atoms with Gasteiger partial charge in [0.1, 0.15) is 4.83 Å². The minimum Gasteiger partial charge on any atom is -0.478 e. The molecule has 5 nitrogen and oxygen atoms in total. The zero-order valence-corrected chi connectivity index (χ0v) is 14.6. The highest BCUT2D eigenvalue weighted by atomic mass is 35.5. The van der Waals surface area contributed by atoms with E-state index in [1.165, 1.54) is 17.0 Å². The van der Waals surface area contributed by atoms with Crippen LogP contribution >= 0.6 is 22.9 Å². The van der Waals surface area contributed by atoms with Crippen molar-refractivity contribution in [3.63, 3.8) is 0 Å². The highest BCUT2D eigenvalue weighted by Gasteiger charge is 2.21. The number of fused-ring (bicyclic) bond motifs is 3. The van der Waals surface area contributed by atoms with E-state index in [9.17, 15) is 9.59 Å². The fourth-order valence-corrected chi connectivity index (χ4v) is 4.53. The summed E-state index contributed by atoms with van der Waals surface area (Å²) in [6.45, 7) is 0. The van der Waals surface area contributed by atoms with Crippen LogP contribution in [-0.4, -0.2) is 21.0 Å². The predicted molar refractivity (Wildman–Crippen MR) is 99.4 cm³/mol. The number of thiophene rings is 1. The zero-order valence-electron chi connectivity index (χ0n) is 13.0. The summed E-state index contributed by atoms with van der Waals surface area (Å²) in [5.74, 6) is -0.662. The van der Waals surface area contributed by atoms with Gasteiger partial charge in [-0.3, -0.25) is 4.79 Å². The van der Waals surface area contributed by atoms with Crippen molar-refractivity contribution in [2.24, 2.45) is 0 Å². The monoisotopic (exact) mass is 372 g/mol. The second-order valence-corrected chi connectivity index (χ2v) is 7.36. The molecule has 0 saturated carbocycles. The topological polar surface area (TPSA) is 83.0 Å². The standard InChI is InChI=1S/C18H13ClN2O3S/c19-12(8-9-4-6-10(7-5-9)18(23)24)15-20-16(22)14-11-2-1-3-13(11)25-17(14)21-15/h4-8H,1-3H2,(H,23,24)(H,20,21,22). The number of carboxylic acid groups (broad SMARTS) is 1. The molecule has 7 heteroatoms. The van der Waals surface area contributed by atoms with E-state index in [-0.39, 0.29) is 11.1 Å². The van der Waals surface area contributed by atoms with Crippen LogP contribution in [0.15, 0.2) is 29.1 Å². The van der Waals surface area contributed by atoms with Crippen LogP contribution < -0.4 is 5.56 Å². The Morgan fingerprint density at radius 3 is 2.76 bits per heavy atom. The van der Waals surface area contributed by atoms with Gasteiger partial charge in [0.25, 0.3) is 5.56 Å². The van der Waals surface area contributed by atoms with Crippen LogP contribution in [0, 0.1) is 0 Å². The van der Waals surface area contributed by atoms with Crippen molar-refractivity contribution in [3.05, 3.63) is 62.0 Å². The van der Waals surface area contributed by atoms with E-state index < -0.39 is 5.97 Å². The Kier molecular flexibility index (Phi) is 3.94. The third kappa shape index (κ3) is 2.88. The molecule has 2 N–H and O–H groups in total. The molecule has 0 aliphatic heterocycles. The first kappa shape index (κ1) is 16.1. The number of aromatic nitrogens is 2. The van der Waals surface area contributed by atoms with Gasteiger partial charge < -0.3 is 10.1 Å². The van der Waals surface area contributed by atoms with Crippen LogP contribution in [-0.2, 0) is 12.8 Å². The molecule has 0 unspecified atom stereocenters. The van der Waals surface area contributed by atoms with E-state index in [1.54, 1.807) is 29.5 Å². The molecular formula is C18H13ClN2O3S. The normalized spacial score (nSPS) is 14.0. The maximum atomic E-state index is 12.5. The average Bonchev–Trinajstić information content (AvgIpc) is 3.15. The summed E-state index contributed by atoms with van der Waals surface area (Å²) in [4.78, 5) is 32.6. The lowest BCUT2D eigenvalue weighted by Gasteiger charge is -2.01. The second kappa shape index (κ2) is 6.13. The van der Waals surface area contributed by atoms with Crippen molar-refractivity contribution in [1.82, 2.24) is 9.97 Å². The summed E-state index contributed by atoms with van der Waals surface area (Å²) in [6.07, 6.45) is 4.67. The SMILES string of the molecule is O=C(O)c1ccc(C=C(Cl)c2nc3sc4c(c3c(=O)[nH]2)CCC4)cc1. The number of nitrogens with zero attached hydrogens (tertiary/aromatic N) is 1. The van der Waals surface area contributed by atoms with Gasteiger partial charge in [-0.1, -0.05) is 23.7 Å². The van der Waals surface area contributed by atoms with Crippen LogP contribution in [0.4, 0.5) is 0 Å². The summed E-state index contributed by atoms with van der Waals surface area (Å²) in [7, 11) is 0. The van der Waals surface area contributed by atoms with Gasteiger partial charge in [-0.2, -0.15) is 0 Å². The lowest BCUT2D eigenvalue weighted by molar-refractivity contribution is 0.0697. The Balaban J connectivity index is 1.73. The molecule has 3 aromatic rings.